The van der Waals surface area contributed by atoms with E-state index >= 15 is 0 Å². The molecule has 13 heteroatoms. The van der Waals surface area contributed by atoms with Crippen LogP contribution in [-0.2, 0) is 16.6 Å². The van der Waals surface area contributed by atoms with Gasteiger partial charge in [-0.1, -0.05) is 6.07 Å². The molecule has 1 aliphatic carbocycles. The SMILES string of the molecule is COc1cc(OC(F)(F)F)ccc1CN1CCCC(Oc2cc(F)c(C(=O)NS(C)(=O)=O)cc2C2CC2)C1. The summed E-state index contributed by atoms with van der Waals surface area (Å²) in [5.41, 5.74) is 0.970. The predicted octanol–water partition coefficient (Wildman–Crippen LogP) is 4.34. The predicted molar refractivity (Wildman–Crippen MR) is 129 cm³/mol. The first kappa shape index (κ1) is 28.0. The number of ether oxygens (including phenoxy) is 3. The van der Waals surface area contributed by atoms with Crippen molar-refractivity contribution >= 4 is 15.9 Å². The van der Waals surface area contributed by atoms with Gasteiger partial charge >= 0.3 is 6.36 Å². The number of benzene rings is 2. The van der Waals surface area contributed by atoms with E-state index in [1.165, 1.54) is 31.4 Å². The summed E-state index contributed by atoms with van der Waals surface area (Å²) in [5.74, 6) is -1.63. The number of carbonyl (C=O) groups is 1. The van der Waals surface area contributed by atoms with Crippen molar-refractivity contribution in [3.8, 4) is 17.2 Å². The van der Waals surface area contributed by atoms with Crippen LogP contribution in [0.25, 0.3) is 0 Å². The first-order valence-electron chi connectivity index (χ1n) is 12.0. The van der Waals surface area contributed by atoms with E-state index in [0.29, 0.717) is 36.4 Å². The highest BCUT2D eigenvalue weighted by Gasteiger charge is 2.33. The third kappa shape index (κ3) is 7.50. The Kier molecular flexibility index (Phi) is 8.07. The van der Waals surface area contributed by atoms with E-state index < -0.39 is 28.1 Å². The lowest BCUT2D eigenvalue weighted by molar-refractivity contribution is -0.274. The molecule has 2 aromatic rings. The third-order valence-electron chi connectivity index (χ3n) is 6.28. The first-order chi connectivity index (χ1) is 17.8. The average molecular weight is 561 g/mol. The molecule has 0 radical (unpaired) electrons. The van der Waals surface area contributed by atoms with Gasteiger partial charge in [0.2, 0.25) is 10.0 Å². The van der Waals surface area contributed by atoms with Crippen LogP contribution in [0.1, 0.15) is 53.1 Å². The standard InChI is InChI=1S/C25H28F4N2O6S/c1-35-22-10-17(37-25(27,28)29)8-7-16(22)13-31-9-3-4-18(14-31)36-23-12-21(26)20(11-19(23)15-5-6-15)24(32)30-38(2,33)34/h7-8,10-12,15,18H,3-6,9,13-14H2,1-2H3,(H,30,32). The number of nitrogens with one attached hydrogen (secondary N) is 1. The van der Waals surface area contributed by atoms with E-state index in [1.54, 1.807) is 4.72 Å². The van der Waals surface area contributed by atoms with E-state index in [0.717, 1.165) is 38.1 Å². The van der Waals surface area contributed by atoms with Gasteiger partial charge in [0.05, 0.1) is 18.9 Å². The van der Waals surface area contributed by atoms with Crippen LogP contribution < -0.4 is 18.9 Å². The summed E-state index contributed by atoms with van der Waals surface area (Å²) in [6.45, 7) is 1.59. The summed E-state index contributed by atoms with van der Waals surface area (Å²) in [6, 6.07) is 6.43. The van der Waals surface area contributed by atoms with Crippen LogP contribution in [0.2, 0.25) is 0 Å². The molecule has 1 unspecified atom stereocenters. The number of amides is 1. The Bertz CT molecular complexity index is 1300. The van der Waals surface area contributed by atoms with Crippen molar-refractivity contribution in [2.45, 2.75) is 50.6 Å². The molecule has 1 saturated carbocycles. The average Bonchev–Trinajstić information content (AvgIpc) is 3.63. The van der Waals surface area contributed by atoms with Gasteiger partial charge in [-0.2, -0.15) is 0 Å². The molecular weight excluding hydrogens is 532 g/mol. The Balaban J connectivity index is 1.47. The van der Waals surface area contributed by atoms with Crippen molar-refractivity contribution in [1.29, 1.82) is 0 Å². The summed E-state index contributed by atoms with van der Waals surface area (Å²) in [6.07, 6.45) is -1.11. The Labute approximate surface area is 217 Å². The zero-order valence-electron chi connectivity index (χ0n) is 20.8. The highest BCUT2D eigenvalue weighted by molar-refractivity contribution is 7.89. The highest BCUT2D eigenvalue weighted by atomic mass is 32.2. The van der Waals surface area contributed by atoms with Crippen molar-refractivity contribution in [2.75, 3.05) is 26.5 Å². The monoisotopic (exact) mass is 560 g/mol. The van der Waals surface area contributed by atoms with Crippen LogP contribution >= 0.6 is 0 Å². The number of halogens is 4. The number of methoxy groups -OCH3 is 1. The number of hydrogen-bond acceptors (Lipinski definition) is 7. The van der Waals surface area contributed by atoms with Crippen LogP contribution in [0.15, 0.2) is 30.3 Å². The number of hydrogen-bond donors (Lipinski definition) is 1. The Morgan fingerprint density at radius 3 is 2.50 bits per heavy atom. The van der Waals surface area contributed by atoms with Gasteiger partial charge in [0.15, 0.2) is 0 Å². The number of nitrogens with zero attached hydrogens (tertiary/aromatic N) is 1. The Morgan fingerprint density at radius 1 is 1.13 bits per heavy atom. The topological polar surface area (TPSA) is 94.2 Å². The minimum Gasteiger partial charge on any atom is -0.496 e. The van der Waals surface area contributed by atoms with Crippen LogP contribution in [0, 0.1) is 5.82 Å². The van der Waals surface area contributed by atoms with Crippen LogP contribution in [0.5, 0.6) is 17.2 Å². The smallest absolute Gasteiger partial charge is 0.496 e. The molecule has 4 rings (SSSR count). The molecule has 2 aliphatic rings. The van der Waals surface area contributed by atoms with Gasteiger partial charge in [-0.05, 0) is 55.8 Å². The molecule has 1 heterocycles. The molecular formula is C25H28F4N2O6S. The molecule has 1 amide bonds. The molecule has 1 aliphatic heterocycles. The molecule has 2 fully saturated rings. The summed E-state index contributed by atoms with van der Waals surface area (Å²) >= 11 is 0. The largest absolute Gasteiger partial charge is 0.573 e. The van der Waals surface area contributed by atoms with E-state index in [2.05, 4.69) is 9.64 Å². The summed E-state index contributed by atoms with van der Waals surface area (Å²) < 4.78 is 92.6. The second kappa shape index (κ2) is 11.0. The van der Waals surface area contributed by atoms with Crippen molar-refractivity contribution in [3.63, 3.8) is 0 Å². The molecule has 38 heavy (non-hydrogen) atoms. The van der Waals surface area contributed by atoms with Gasteiger partial charge in [-0.25, -0.2) is 17.5 Å². The minimum atomic E-state index is -4.81. The lowest BCUT2D eigenvalue weighted by Gasteiger charge is -2.33. The fraction of sp³-hybridized carbons (Fsp3) is 0.480. The molecule has 0 bridgehead atoms. The van der Waals surface area contributed by atoms with E-state index in [4.69, 9.17) is 9.47 Å². The zero-order chi connectivity index (χ0) is 27.7. The van der Waals surface area contributed by atoms with Crippen LogP contribution in [-0.4, -0.2) is 58.1 Å². The Hall–Kier alpha value is -3.06. The number of piperidine rings is 1. The lowest BCUT2D eigenvalue weighted by atomic mass is 10.0. The van der Waals surface area contributed by atoms with Gasteiger partial charge in [0.25, 0.3) is 5.91 Å². The fourth-order valence-electron chi connectivity index (χ4n) is 4.51. The summed E-state index contributed by atoms with van der Waals surface area (Å²) in [5, 5.41) is 0. The number of rotatable bonds is 9. The number of carbonyl (C=O) groups excluding carboxylic acids is 1. The third-order valence-corrected chi connectivity index (χ3v) is 6.84. The maximum Gasteiger partial charge on any atom is 0.573 e. The Morgan fingerprint density at radius 2 is 1.87 bits per heavy atom. The molecule has 0 spiro atoms. The van der Waals surface area contributed by atoms with E-state index in [1.807, 2.05) is 0 Å². The van der Waals surface area contributed by atoms with Crippen LogP contribution in [0.4, 0.5) is 17.6 Å². The highest BCUT2D eigenvalue weighted by Crippen LogP contribution is 2.45. The van der Waals surface area contributed by atoms with Gasteiger partial charge in [-0.15, -0.1) is 13.2 Å². The van der Waals surface area contributed by atoms with Gasteiger partial charge in [0.1, 0.15) is 29.2 Å². The molecule has 1 N–H and O–H groups in total. The van der Waals surface area contributed by atoms with Gasteiger partial charge in [0, 0.05) is 30.8 Å². The van der Waals surface area contributed by atoms with Gasteiger partial charge < -0.3 is 14.2 Å². The molecule has 1 saturated heterocycles. The van der Waals surface area contributed by atoms with Crippen molar-refractivity contribution < 1.29 is 45.0 Å². The minimum absolute atomic E-state index is 0.0942. The summed E-state index contributed by atoms with van der Waals surface area (Å²) in [4.78, 5) is 14.4. The van der Waals surface area contributed by atoms with Crippen molar-refractivity contribution in [1.82, 2.24) is 9.62 Å². The van der Waals surface area contributed by atoms with Crippen LogP contribution in [0.3, 0.4) is 0 Å². The first-order valence-corrected chi connectivity index (χ1v) is 13.9. The fourth-order valence-corrected chi connectivity index (χ4v) is 4.96. The molecule has 0 aromatic heterocycles. The maximum absolute atomic E-state index is 14.8. The number of alkyl halides is 3. The summed E-state index contributed by atoms with van der Waals surface area (Å²) in [7, 11) is -2.49. The maximum atomic E-state index is 14.8. The number of sulfonamides is 1. The molecule has 1 atom stereocenters. The van der Waals surface area contributed by atoms with Crippen molar-refractivity contribution in [2.24, 2.45) is 0 Å². The lowest BCUT2D eigenvalue weighted by Crippen LogP contribution is -2.40. The molecule has 2 aromatic carbocycles. The van der Waals surface area contributed by atoms with E-state index in [-0.39, 0.29) is 29.1 Å². The van der Waals surface area contributed by atoms with E-state index in [9.17, 15) is 30.8 Å². The molecule has 8 nitrogen and oxygen atoms in total. The second-order valence-corrected chi connectivity index (χ2v) is 11.2. The normalized spacial score (nSPS) is 18.6. The van der Waals surface area contributed by atoms with Gasteiger partial charge in [-0.3, -0.25) is 9.69 Å². The molecule has 208 valence electrons. The second-order valence-electron chi connectivity index (χ2n) is 9.49. The zero-order valence-corrected chi connectivity index (χ0v) is 21.6. The van der Waals surface area contributed by atoms with Crippen molar-refractivity contribution in [3.05, 3.63) is 52.8 Å². The quantitative estimate of drug-likeness (QED) is 0.456. The number of likely N-dealkylation sites (tertiary alicyclic amines) is 1.